The van der Waals surface area contributed by atoms with Gasteiger partial charge in [-0.15, -0.1) is 0 Å². The number of benzene rings is 3. The van der Waals surface area contributed by atoms with Crippen molar-refractivity contribution in [1.82, 2.24) is 10.2 Å². The normalized spacial score (nSPS) is 10.3. The van der Waals surface area contributed by atoms with Crippen LogP contribution in [0.15, 0.2) is 72.8 Å². The minimum atomic E-state index is -1.06. The van der Waals surface area contributed by atoms with Gasteiger partial charge in [0.05, 0.1) is 0 Å². The molecule has 6 heteroatoms. The zero-order valence-corrected chi connectivity index (χ0v) is 17.0. The van der Waals surface area contributed by atoms with Crippen molar-refractivity contribution in [3.63, 3.8) is 0 Å². The van der Waals surface area contributed by atoms with Crippen molar-refractivity contribution in [3.8, 4) is 16.9 Å². The standard InChI is InChI=1S/C24H24N2O4/c1-26(2)23(27)21-12-20(19-10-8-17(9-11-19)15-25-24(28)29)13-22(14-21)30-16-18-6-4-3-5-7-18/h3-14,25H,15-16H2,1-2H3,(H,28,29). The van der Waals surface area contributed by atoms with Crippen LogP contribution >= 0.6 is 0 Å². The molecule has 154 valence electrons. The molecule has 3 aromatic carbocycles. The van der Waals surface area contributed by atoms with Crippen LogP contribution in [0.4, 0.5) is 4.79 Å². The van der Waals surface area contributed by atoms with Crippen LogP contribution in [0, 0.1) is 0 Å². The first-order valence-corrected chi connectivity index (χ1v) is 9.52. The fraction of sp³-hybridized carbons (Fsp3) is 0.167. The molecule has 0 radical (unpaired) electrons. The average Bonchev–Trinajstić information content (AvgIpc) is 2.76. The number of carbonyl (C=O) groups is 2. The third-order valence-corrected chi connectivity index (χ3v) is 4.54. The zero-order chi connectivity index (χ0) is 21.5. The van der Waals surface area contributed by atoms with Gasteiger partial charge >= 0.3 is 6.09 Å². The van der Waals surface area contributed by atoms with Crippen LogP contribution in [-0.4, -0.2) is 36.1 Å². The molecule has 0 bridgehead atoms. The van der Waals surface area contributed by atoms with E-state index in [9.17, 15) is 9.59 Å². The second-order valence-electron chi connectivity index (χ2n) is 7.08. The first-order chi connectivity index (χ1) is 14.4. The number of ether oxygens (including phenoxy) is 1. The number of nitrogens with one attached hydrogen (secondary N) is 1. The Morgan fingerprint density at radius 3 is 2.23 bits per heavy atom. The molecule has 0 aliphatic rings. The van der Waals surface area contributed by atoms with Crippen molar-refractivity contribution in [2.24, 2.45) is 0 Å². The molecule has 0 aromatic heterocycles. The van der Waals surface area contributed by atoms with E-state index >= 15 is 0 Å². The number of carbonyl (C=O) groups excluding carboxylic acids is 1. The van der Waals surface area contributed by atoms with Gasteiger partial charge in [-0.2, -0.15) is 0 Å². The minimum Gasteiger partial charge on any atom is -0.489 e. The van der Waals surface area contributed by atoms with Gasteiger partial charge in [-0.1, -0.05) is 54.6 Å². The number of amides is 2. The molecule has 30 heavy (non-hydrogen) atoms. The van der Waals surface area contributed by atoms with Crippen LogP contribution in [-0.2, 0) is 13.2 Å². The highest BCUT2D eigenvalue weighted by molar-refractivity contribution is 5.95. The van der Waals surface area contributed by atoms with Gasteiger partial charge in [0, 0.05) is 26.2 Å². The summed E-state index contributed by atoms with van der Waals surface area (Å²) in [7, 11) is 3.42. The Balaban J connectivity index is 1.87. The van der Waals surface area contributed by atoms with Gasteiger partial charge in [-0.25, -0.2) is 4.79 Å². The lowest BCUT2D eigenvalue weighted by Crippen LogP contribution is -2.21. The number of nitrogens with zero attached hydrogens (tertiary/aromatic N) is 1. The van der Waals surface area contributed by atoms with Crippen molar-refractivity contribution in [2.75, 3.05) is 14.1 Å². The predicted molar refractivity (Wildman–Crippen MR) is 116 cm³/mol. The predicted octanol–water partition coefficient (Wildman–Crippen LogP) is 4.40. The Morgan fingerprint density at radius 2 is 1.60 bits per heavy atom. The highest BCUT2D eigenvalue weighted by atomic mass is 16.5. The number of rotatable bonds is 7. The van der Waals surface area contributed by atoms with Crippen molar-refractivity contribution in [2.45, 2.75) is 13.2 Å². The van der Waals surface area contributed by atoms with E-state index in [2.05, 4.69) is 5.32 Å². The molecule has 3 rings (SSSR count). The monoisotopic (exact) mass is 404 g/mol. The first-order valence-electron chi connectivity index (χ1n) is 9.52. The van der Waals surface area contributed by atoms with E-state index in [1.807, 2.05) is 66.7 Å². The smallest absolute Gasteiger partial charge is 0.404 e. The summed E-state index contributed by atoms with van der Waals surface area (Å²) in [4.78, 5) is 24.8. The molecule has 0 aliphatic carbocycles. The Kier molecular flexibility index (Phi) is 6.70. The zero-order valence-electron chi connectivity index (χ0n) is 17.0. The molecule has 2 amide bonds. The van der Waals surface area contributed by atoms with Gasteiger partial charge < -0.3 is 20.1 Å². The molecular formula is C24H24N2O4. The molecule has 0 spiro atoms. The Bertz CT molecular complexity index is 1020. The van der Waals surface area contributed by atoms with Crippen LogP contribution in [0.1, 0.15) is 21.5 Å². The lowest BCUT2D eigenvalue weighted by atomic mass is 10.0. The first kappa shape index (κ1) is 20.9. The van der Waals surface area contributed by atoms with Crippen molar-refractivity contribution < 1.29 is 19.4 Å². The lowest BCUT2D eigenvalue weighted by Gasteiger charge is -2.15. The highest BCUT2D eigenvalue weighted by Crippen LogP contribution is 2.28. The van der Waals surface area contributed by atoms with E-state index in [0.717, 1.165) is 22.3 Å². The van der Waals surface area contributed by atoms with E-state index in [1.165, 1.54) is 4.90 Å². The van der Waals surface area contributed by atoms with Crippen LogP contribution in [0.25, 0.3) is 11.1 Å². The molecule has 0 fully saturated rings. The molecule has 0 saturated carbocycles. The van der Waals surface area contributed by atoms with Crippen molar-refractivity contribution in [3.05, 3.63) is 89.5 Å². The van der Waals surface area contributed by atoms with Gasteiger partial charge in [0.1, 0.15) is 12.4 Å². The summed E-state index contributed by atoms with van der Waals surface area (Å²) in [6.45, 7) is 0.639. The van der Waals surface area contributed by atoms with Gasteiger partial charge in [0.25, 0.3) is 5.91 Å². The topological polar surface area (TPSA) is 78.9 Å². The minimum absolute atomic E-state index is 0.108. The summed E-state index contributed by atoms with van der Waals surface area (Å²) in [5.41, 5.74) is 4.19. The molecule has 2 N–H and O–H groups in total. The fourth-order valence-electron chi connectivity index (χ4n) is 2.96. The van der Waals surface area contributed by atoms with Gasteiger partial charge in [-0.3, -0.25) is 4.79 Å². The third kappa shape index (κ3) is 5.61. The van der Waals surface area contributed by atoms with E-state index in [4.69, 9.17) is 9.84 Å². The maximum Gasteiger partial charge on any atom is 0.404 e. The molecule has 6 nitrogen and oxygen atoms in total. The molecule has 3 aromatic rings. The van der Waals surface area contributed by atoms with Crippen molar-refractivity contribution >= 4 is 12.0 Å². The fourth-order valence-corrected chi connectivity index (χ4v) is 2.96. The summed E-state index contributed by atoms with van der Waals surface area (Å²) in [6.07, 6.45) is -1.06. The summed E-state index contributed by atoms with van der Waals surface area (Å²) in [5.74, 6) is 0.502. The van der Waals surface area contributed by atoms with Gasteiger partial charge in [0.2, 0.25) is 0 Å². The SMILES string of the molecule is CN(C)C(=O)c1cc(OCc2ccccc2)cc(-c2ccc(CNC(=O)O)cc2)c1. The maximum atomic E-state index is 12.6. The summed E-state index contributed by atoms with van der Waals surface area (Å²) >= 11 is 0. The molecular weight excluding hydrogens is 380 g/mol. The Morgan fingerprint density at radius 1 is 0.900 bits per heavy atom. The van der Waals surface area contributed by atoms with Crippen LogP contribution < -0.4 is 10.1 Å². The molecule has 0 aliphatic heterocycles. The molecule has 0 atom stereocenters. The van der Waals surface area contributed by atoms with Crippen LogP contribution in [0.3, 0.4) is 0 Å². The summed E-state index contributed by atoms with van der Waals surface area (Å²) < 4.78 is 5.97. The van der Waals surface area contributed by atoms with E-state index in [0.29, 0.717) is 17.9 Å². The van der Waals surface area contributed by atoms with Gasteiger partial charge in [-0.05, 0) is 40.5 Å². The average molecular weight is 404 g/mol. The highest BCUT2D eigenvalue weighted by Gasteiger charge is 2.13. The summed E-state index contributed by atoms with van der Waals surface area (Å²) in [5, 5.41) is 11.1. The van der Waals surface area contributed by atoms with E-state index in [1.54, 1.807) is 20.2 Å². The quantitative estimate of drug-likeness (QED) is 0.612. The maximum absolute atomic E-state index is 12.6. The molecule has 0 unspecified atom stereocenters. The number of hydrogen-bond donors (Lipinski definition) is 2. The van der Waals surface area contributed by atoms with E-state index in [-0.39, 0.29) is 12.5 Å². The Hall–Kier alpha value is -3.80. The summed E-state index contributed by atoms with van der Waals surface area (Å²) in [6, 6.07) is 22.8. The van der Waals surface area contributed by atoms with Crippen molar-refractivity contribution in [1.29, 1.82) is 0 Å². The molecule has 0 saturated heterocycles. The third-order valence-electron chi connectivity index (χ3n) is 4.54. The second kappa shape index (κ2) is 9.60. The van der Waals surface area contributed by atoms with Crippen LogP contribution in [0.2, 0.25) is 0 Å². The van der Waals surface area contributed by atoms with Crippen LogP contribution in [0.5, 0.6) is 5.75 Å². The number of carboxylic acid groups (broad SMARTS) is 1. The lowest BCUT2D eigenvalue weighted by molar-refractivity contribution is 0.0827. The second-order valence-corrected chi connectivity index (χ2v) is 7.08. The Labute approximate surface area is 175 Å². The number of hydrogen-bond acceptors (Lipinski definition) is 3. The largest absolute Gasteiger partial charge is 0.489 e. The van der Waals surface area contributed by atoms with Gasteiger partial charge in [0.15, 0.2) is 0 Å². The van der Waals surface area contributed by atoms with E-state index < -0.39 is 6.09 Å². The molecule has 0 heterocycles.